The average Bonchev–Trinajstić information content (AvgIpc) is 2.32. The first-order valence-electron chi connectivity index (χ1n) is 5.91. The molecule has 0 N–H and O–H groups in total. The van der Waals surface area contributed by atoms with Crippen molar-refractivity contribution < 1.29 is 0 Å². The molecule has 1 aliphatic heterocycles. The summed E-state index contributed by atoms with van der Waals surface area (Å²) in [5, 5.41) is 0. The van der Waals surface area contributed by atoms with Crippen LogP contribution in [-0.2, 0) is 5.88 Å². The molecular weight excluding hydrogens is 300 g/mol. The van der Waals surface area contributed by atoms with Crippen molar-refractivity contribution >= 4 is 33.2 Å². The van der Waals surface area contributed by atoms with E-state index in [-0.39, 0.29) is 0 Å². The number of hydrogen-bond donors (Lipinski definition) is 0. The van der Waals surface area contributed by atoms with Gasteiger partial charge in [-0.25, -0.2) is 0 Å². The molecule has 1 aliphatic rings. The third-order valence-electron chi connectivity index (χ3n) is 3.51. The van der Waals surface area contributed by atoms with Crippen molar-refractivity contribution in [2.45, 2.75) is 18.8 Å². The molecule has 0 radical (unpaired) electrons. The van der Waals surface area contributed by atoms with Crippen LogP contribution < -0.4 is 4.90 Å². The van der Waals surface area contributed by atoms with Crippen molar-refractivity contribution in [3.63, 3.8) is 0 Å². The van der Waals surface area contributed by atoms with E-state index in [1.54, 1.807) is 0 Å². The fraction of sp³-hybridized carbons (Fsp3) is 0.538. The zero-order chi connectivity index (χ0) is 12.4. The summed E-state index contributed by atoms with van der Waals surface area (Å²) < 4.78 is 1.11. The Bertz CT molecular complexity index is 397. The minimum absolute atomic E-state index is 0.556. The SMILES string of the molecule is CC1CN(c2ccc(CCl)c(Br)c2)CCN1C. The van der Waals surface area contributed by atoms with Gasteiger partial charge in [0.05, 0.1) is 0 Å². The number of hydrogen-bond acceptors (Lipinski definition) is 2. The lowest BCUT2D eigenvalue weighted by Crippen LogP contribution is -2.50. The molecule has 0 aromatic heterocycles. The maximum absolute atomic E-state index is 5.86. The molecular formula is C13H18BrClN2. The van der Waals surface area contributed by atoms with E-state index in [4.69, 9.17) is 11.6 Å². The number of rotatable bonds is 2. The highest BCUT2D eigenvalue weighted by atomic mass is 79.9. The molecule has 94 valence electrons. The predicted molar refractivity (Wildman–Crippen MR) is 78.0 cm³/mol. The Balaban J connectivity index is 2.15. The van der Waals surface area contributed by atoms with Crippen LogP contribution in [0.5, 0.6) is 0 Å². The molecule has 2 nitrogen and oxygen atoms in total. The van der Waals surface area contributed by atoms with Gasteiger partial charge in [0.25, 0.3) is 0 Å². The second-order valence-corrected chi connectivity index (χ2v) is 5.81. The van der Waals surface area contributed by atoms with Crippen molar-refractivity contribution in [1.82, 2.24) is 4.90 Å². The minimum atomic E-state index is 0.556. The normalized spacial score (nSPS) is 21.9. The molecule has 0 spiro atoms. The zero-order valence-corrected chi connectivity index (χ0v) is 12.6. The summed E-state index contributed by atoms with van der Waals surface area (Å²) in [6.45, 7) is 5.57. The van der Waals surface area contributed by atoms with E-state index < -0.39 is 0 Å². The highest BCUT2D eigenvalue weighted by molar-refractivity contribution is 9.10. The molecule has 0 amide bonds. The van der Waals surface area contributed by atoms with E-state index in [1.807, 2.05) is 0 Å². The lowest BCUT2D eigenvalue weighted by Gasteiger charge is -2.39. The Morgan fingerprint density at radius 3 is 2.76 bits per heavy atom. The van der Waals surface area contributed by atoms with E-state index in [0.717, 1.165) is 29.7 Å². The van der Waals surface area contributed by atoms with Gasteiger partial charge in [0.2, 0.25) is 0 Å². The Kier molecular flexibility index (Phi) is 4.34. The summed E-state index contributed by atoms with van der Waals surface area (Å²) in [6.07, 6.45) is 0. The van der Waals surface area contributed by atoms with Crippen LogP contribution in [0, 0.1) is 0 Å². The molecule has 17 heavy (non-hydrogen) atoms. The summed E-state index contributed by atoms with van der Waals surface area (Å²) >= 11 is 9.44. The van der Waals surface area contributed by atoms with Crippen molar-refractivity contribution in [2.24, 2.45) is 0 Å². The maximum atomic E-state index is 5.86. The van der Waals surface area contributed by atoms with Gasteiger partial charge in [0.15, 0.2) is 0 Å². The van der Waals surface area contributed by atoms with Crippen LogP contribution in [0.2, 0.25) is 0 Å². The van der Waals surface area contributed by atoms with Gasteiger partial charge >= 0.3 is 0 Å². The van der Waals surface area contributed by atoms with Gasteiger partial charge in [0, 0.05) is 41.7 Å². The third-order valence-corrected chi connectivity index (χ3v) is 4.53. The summed E-state index contributed by atoms with van der Waals surface area (Å²) in [5.74, 6) is 0.556. The molecule has 1 aromatic carbocycles. The molecule has 1 aromatic rings. The van der Waals surface area contributed by atoms with E-state index in [1.165, 1.54) is 5.69 Å². The summed E-state index contributed by atoms with van der Waals surface area (Å²) in [6, 6.07) is 7.06. The number of benzene rings is 1. The highest BCUT2D eigenvalue weighted by Gasteiger charge is 2.20. The second-order valence-electron chi connectivity index (χ2n) is 4.68. The van der Waals surface area contributed by atoms with Gasteiger partial charge in [-0.2, -0.15) is 0 Å². The number of halogens is 2. The minimum Gasteiger partial charge on any atom is -0.369 e. The maximum Gasteiger partial charge on any atom is 0.0485 e. The van der Waals surface area contributed by atoms with E-state index >= 15 is 0 Å². The number of piperazine rings is 1. The Morgan fingerprint density at radius 1 is 1.41 bits per heavy atom. The smallest absolute Gasteiger partial charge is 0.0485 e. The molecule has 1 unspecified atom stereocenters. The third kappa shape index (κ3) is 2.95. The van der Waals surface area contributed by atoms with Crippen molar-refractivity contribution in [3.05, 3.63) is 28.2 Å². The Labute approximate surface area is 117 Å². The van der Waals surface area contributed by atoms with Gasteiger partial charge in [-0.05, 0) is 31.7 Å². The standard InChI is InChI=1S/C13H18BrClN2/c1-10-9-17(6-5-16(10)2)12-4-3-11(8-15)13(14)7-12/h3-4,7,10H,5-6,8-9H2,1-2H3. The van der Waals surface area contributed by atoms with Crippen LogP contribution in [0.3, 0.4) is 0 Å². The molecule has 1 fully saturated rings. The quantitative estimate of drug-likeness (QED) is 0.772. The summed E-state index contributed by atoms with van der Waals surface area (Å²) in [7, 11) is 2.19. The molecule has 0 saturated carbocycles. The summed E-state index contributed by atoms with van der Waals surface area (Å²) in [4.78, 5) is 4.84. The highest BCUT2D eigenvalue weighted by Crippen LogP contribution is 2.26. The van der Waals surface area contributed by atoms with Crippen LogP contribution >= 0.6 is 27.5 Å². The van der Waals surface area contributed by atoms with Crippen LogP contribution in [0.15, 0.2) is 22.7 Å². The first kappa shape index (κ1) is 13.2. The number of anilines is 1. The van der Waals surface area contributed by atoms with Gasteiger partial charge in [-0.3, -0.25) is 0 Å². The van der Waals surface area contributed by atoms with Crippen molar-refractivity contribution in [3.8, 4) is 0 Å². The van der Waals surface area contributed by atoms with Gasteiger partial charge in [0.1, 0.15) is 0 Å². The van der Waals surface area contributed by atoms with Gasteiger partial charge < -0.3 is 9.80 Å². The fourth-order valence-electron chi connectivity index (χ4n) is 2.12. The molecule has 0 bridgehead atoms. The van der Waals surface area contributed by atoms with Gasteiger partial charge in [-0.1, -0.05) is 22.0 Å². The first-order valence-corrected chi connectivity index (χ1v) is 7.24. The van der Waals surface area contributed by atoms with E-state index in [2.05, 4.69) is 57.9 Å². The van der Waals surface area contributed by atoms with E-state index in [9.17, 15) is 0 Å². The molecule has 1 heterocycles. The molecule has 1 atom stereocenters. The number of likely N-dealkylation sites (N-methyl/N-ethyl adjacent to an activating group) is 1. The molecule has 4 heteroatoms. The average molecular weight is 318 g/mol. The second kappa shape index (κ2) is 5.59. The zero-order valence-electron chi connectivity index (χ0n) is 10.3. The van der Waals surface area contributed by atoms with Crippen LogP contribution in [0.25, 0.3) is 0 Å². The Hall–Kier alpha value is -0.250. The van der Waals surface area contributed by atoms with Crippen molar-refractivity contribution in [1.29, 1.82) is 0 Å². The lowest BCUT2D eigenvalue weighted by atomic mass is 10.1. The summed E-state index contributed by atoms with van der Waals surface area (Å²) in [5.41, 5.74) is 2.43. The Morgan fingerprint density at radius 2 is 2.18 bits per heavy atom. The van der Waals surface area contributed by atoms with E-state index in [0.29, 0.717) is 11.9 Å². The monoisotopic (exact) mass is 316 g/mol. The predicted octanol–water partition coefficient (Wildman–Crippen LogP) is 3.33. The molecule has 1 saturated heterocycles. The number of alkyl halides is 1. The van der Waals surface area contributed by atoms with Crippen LogP contribution in [-0.4, -0.2) is 37.6 Å². The first-order chi connectivity index (χ1) is 8.11. The topological polar surface area (TPSA) is 6.48 Å². The van der Waals surface area contributed by atoms with Crippen molar-refractivity contribution in [2.75, 3.05) is 31.6 Å². The molecule has 2 rings (SSSR count). The largest absolute Gasteiger partial charge is 0.369 e. The fourth-order valence-corrected chi connectivity index (χ4v) is 3.03. The lowest BCUT2D eigenvalue weighted by molar-refractivity contribution is 0.234. The molecule has 0 aliphatic carbocycles. The van der Waals surface area contributed by atoms with Crippen LogP contribution in [0.4, 0.5) is 5.69 Å². The van der Waals surface area contributed by atoms with Gasteiger partial charge in [-0.15, -0.1) is 11.6 Å². The number of nitrogens with zero attached hydrogens (tertiary/aromatic N) is 2. The van der Waals surface area contributed by atoms with Crippen LogP contribution in [0.1, 0.15) is 12.5 Å².